The van der Waals surface area contributed by atoms with Gasteiger partial charge in [-0.3, -0.25) is 19.2 Å². The first-order chi connectivity index (χ1) is 31.3. The summed E-state index contributed by atoms with van der Waals surface area (Å²) < 4.78 is 50.3. The second kappa shape index (κ2) is 23.2. The SMILES string of the molecule is C=C(C)C(=O)OC1CCC2CC1OC2=O.C=C(C)C(=O)OCC(=O)OC1CCC2CC1OC2=O.C=CC(=O)OC1CCC2CC1OC2=O.C=CC(=O)OCC(=O)OC1CCC2CC1OC2=O. The Balaban J connectivity index is 0.000000166. The predicted molar refractivity (Wildman–Crippen MR) is 220 cm³/mol. The van der Waals surface area contributed by atoms with Gasteiger partial charge in [-0.15, -0.1) is 0 Å². The van der Waals surface area contributed by atoms with Crippen LogP contribution in [0.25, 0.3) is 0 Å². The fourth-order valence-corrected chi connectivity index (χ4v) is 8.56. The van der Waals surface area contributed by atoms with Gasteiger partial charge in [-0.25, -0.2) is 28.8 Å². The molecule has 360 valence electrons. The number of rotatable bonds is 12. The Morgan fingerprint density at radius 2 is 0.788 bits per heavy atom. The highest BCUT2D eigenvalue weighted by Gasteiger charge is 2.48. The molecule has 12 atom stereocenters. The van der Waals surface area contributed by atoms with Crippen molar-refractivity contribution in [3.05, 3.63) is 49.6 Å². The lowest BCUT2D eigenvalue weighted by molar-refractivity contribution is -0.167. The molecule has 12 unspecified atom stereocenters. The third-order valence-corrected chi connectivity index (χ3v) is 12.1. The molecule has 20 nitrogen and oxygen atoms in total. The number of carbonyl (C=O) groups excluding carboxylic acids is 10. The summed E-state index contributed by atoms with van der Waals surface area (Å²) in [7, 11) is 0. The lowest BCUT2D eigenvalue weighted by atomic mass is 9.88. The molecule has 8 fully saturated rings. The van der Waals surface area contributed by atoms with Crippen molar-refractivity contribution in [3.63, 3.8) is 0 Å². The first kappa shape index (κ1) is 50.7. The van der Waals surface area contributed by atoms with Crippen LogP contribution in [0.3, 0.4) is 0 Å². The van der Waals surface area contributed by atoms with Gasteiger partial charge in [-0.05, 0) is 65.2 Å². The van der Waals surface area contributed by atoms with Crippen LogP contribution in [-0.2, 0) is 95.3 Å². The average Bonchev–Trinajstić information content (AvgIpc) is 3.98. The zero-order valence-corrected chi connectivity index (χ0v) is 37.0. The van der Waals surface area contributed by atoms with Crippen molar-refractivity contribution in [1.82, 2.24) is 0 Å². The van der Waals surface area contributed by atoms with Gasteiger partial charge in [0.05, 0.1) is 23.7 Å². The van der Waals surface area contributed by atoms with E-state index in [-0.39, 0.29) is 89.7 Å². The summed E-state index contributed by atoms with van der Waals surface area (Å²) in [5.74, 6) is -4.21. The maximum atomic E-state index is 11.5. The van der Waals surface area contributed by atoms with Crippen LogP contribution in [0.1, 0.15) is 90.9 Å². The Morgan fingerprint density at radius 3 is 1.12 bits per heavy atom. The monoisotopic (exact) mass is 928 g/mol. The third kappa shape index (κ3) is 13.8. The van der Waals surface area contributed by atoms with Crippen LogP contribution in [0, 0.1) is 23.7 Å². The summed E-state index contributed by atoms with van der Waals surface area (Å²) in [6, 6.07) is 0. The second-order valence-corrected chi connectivity index (χ2v) is 17.1. The molecular weight excluding hydrogens is 872 g/mol. The minimum absolute atomic E-state index is 0.0229. The van der Waals surface area contributed by atoms with Gasteiger partial charge in [0.1, 0.15) is 48.8 Å². The first-order valence-electron chi connectivity index (χ1n) is 21.9. The van der Waals surface area contributed by atoms with Crippen molar-refractivity contribution < 1.29 is 95.3 Å². The van der Waals surface area contributed by atoms with Gasteiger partial charge < -0.3 is 47.4 Å². The minimum Gasteiger partial charge on any atom is -0.458 e. The summed E-state index contributed by atoms with van der Waals surface area (Å²) in [6.45, 7) is 15.6. The lowest BCUT2D eigenvalue weighted by Crippen LogP contribution is -2.34. The van der Waals surface area contributed by atoms with Crippen molar-refractivity contribution in [2.45, 2.75) is 140 Å². The van der Waals surface area contributed by atoms with E-state index in [1.54, 1.807) is 6.92 Å². The molecule has 0 radical (unpaired) electrons. The Hall–Kier alpha value is -6.34. The van der Waals surface area contributed by atoms with E-state index in [2.05, 4.69) is 35.8 Å². The number of hydrogen-bond acceptors (Lipinski definition) is 20. The molecule has 0 spiro atoms. The van der Waals surface area contributed by atoms with E-state index in [0.717, 1.165) is 25.0 Å². The van der Waals surface area contributed by atoms with Crippen LogP contribution in [-0.4, -0.2) is 122 Å². The lowest BCUT2D eigenvalue weighted by Gasteiger charge is -2.25. The van der Waals surface area contributed by atoms with E-state index in [1.807, 2.05) is 0 Å². The normalized spacial score (nSPS) is 31.2. The van der Waals surface area contributed by atoms with Crippen molar-refractivity contribution in [2.24, 2.45) is 23.7 Å². The van der Waals surface area contributed by atoms with Gasteiger partial charge in [-0.2, -0.15) is 0 Å². The summed E-state index contributed by atoms with van der Waals surface area (Å²) in [4.78, 5) is 112. The summed E-state index contributed by atoms with van der Waals surface area (Å²) in [5.41, 5.74) is 0.597. The molecule has 4 saturated carbocycles. The van der Waals surface area contributed by atoms with Gasteiger partial charge in [0.2, 0.25) is 0 Å². The number of esters is 10. The number of fused-ring (bicyclic) bond motifs is 8. The summed E-state index contributed by atoms with van der Waals surface area (Å²) >= 11 is 0. The molecule has 8 rings (SSSR count). The maximum absolute atomic E-state index is 11.5. The Bertz CT molecular complexity index is 1970. The van der Waals surface area contributed by atoms with Gasteiger partial charge >= 0.3 is 59.7 Å². The van der Waals surface area contributed by atoms with E-state index in [0.29, 0.717) is 69.8 Å². The van der Waals surface area contributed by atoms with Gasteiger partial charge in [-0.1, -0.05) is 26.3 Å². The Labute approximate surface area is 380 Å². The number of hydrogen-bond donors (Lipinski definition) is 0. The molecule has 0 aromatic rings. The topological polar surface area (TPSA) is 263 Å². The molecule has 0 N–H and O–H groups in total. The van der Waals surface area contributed by atoms with Crippen molar-refractivity contribution in [3.8, 4) is 0 Å². The van der Waals surface area contributed by atoms with Crippen LogP contribution in [0.2, 0.25) is 0 Å². The van der Waals surface area contributed by atoms with Crippen LogP contribution in [0.4, 0.5) is 0 Å². The summed E-state index contributed by atoms with van der Waals surface area (Å²) in [5, 5.41) is 0. The quantitative estimate of drug-likeness (QED) is 0.155. The maximum Gasteiger partial charge on any atom is 0.344 e. The highest BCUT2D eigenvalue weighted by Crippen LogP contribution is 2.39. The van der Waals surface area contributed by atoms with E-state index in [4.69, 9.17) is 37.9 Å². The zero-order valence-electron chi connectivity index (χ0n) is 37.0. The molecule has 20 heteroatoms. The molecule has 4 saturated heterocycles. The minimum atomic E-state index is -0.678. The molecule has 8 aliphatic rings. The smallest absolute Gasteiger partial charge is 0.344 e. The molecule has 66 heavy (non-hydrogen) atoms. The fourth-order valence-electron chi connectivity index (χ4n) is 8.56. The predicted octanol–water partition coefficient (Wildman–Crippen LogP) is 3.11. The number of carbonyl (C=O) groups is 10. The van der Waals surface area contributed by atoms with Crippen LogP contribution in [0.5, 0.6) is 0 Å². The van der Waals surface area contributed by atoms with Gasteiger partial charge in [0.15, 0.2) is 13.2 Å². The number of ether oxygens (including phenoxy) is 10. The van der Waals surface area contributed by atoms with Gasteiger partial charge in [0.25, 0.3) is 0 Å². The van der Waals surface area contributed by atoms with Crippen LogP contribution < -0.4 is 0 Å². The second-order valence-electron chi connectivity index (χ2n) is 17.1. The molecule has 8 bridgehead atoms. The third-order valence-electron chi connectivity index (χ3n) is 12.1. The van der Waals surface area contributed by atoms with Crippen molar-refractivity contribution >= 4 is 59.7 Å². The highest BCUT2D eigenvalue weighted by molar-refractivity contribution is 5.89. The first-order valence-corrected chi connectivity index (χ1v) is 21.9. The van der Waals surface area contributed by atoms with E-state index < -0.39 is 61.2 Å². The zero-order chi connectivity index (χ0) is 48.2. The Morgan fingerprint density at radius 1 is 0.470 bits per heavy atom. The average molecular weight is 929 g/mol. The molecule has 4 heterocycles. The largest absolute Gasteiger partial charge is 0.458 e. The molecule has 0 amide bonds. The highest BCUT2D eigenvalue weighted by atomic mass is 16.6. The molecule has 0 aromatic heterocycles. The van der Waals surface area contributed by atoms with Crippen LogP contribution >= 0.6 is 0 Å². The van der Waals surface area contributed by atoms with Gasteiger partial charge in [0, 0.05) is 49.0 Å². The van der Waals surface area contributed by atoms with E-state index in [9.17, 15) is 47.9 Å². The molecular formula is C46H56O20. The van der Waals surface area contributed by atoms with Crippen LogP contribution in [0.15, 0.2) is 49.6 Å². The summed E-state index contributed by atoms with van der Waals surface area (Å²) in [6.07, 6.45) is 7.54. The Kier molecular flexibility index (Phi) is 17.8. The van der Waals surface area contributed by atoms with Crippen molar-refractivity contribution in [2.75, 3.05) is 13.2 Å². The van der Waals surface area contributed by atoms with E-state index in [1.165, 1.54) is 6.92 Å². The standard InChI is InChI=1S/C13H16O6.C12H14O6.C11H14O4.C10H12O4/c1-7(2)12(15)17-6-11(14)18-9-4-3-8-5-10(9)19-13(8)16;1-2-10(13)16-6-11(14)17-8-4-3-7-5-9(8)18-12(7)15;1-6(2)10(12)14-8-4-3-7-5-9(8)15-11(7)13;1-2-9(11)13-7-4-3-6-5-8(7)14-10(6)12/h8-10H,1,3-6H2,2H3;2,7-9H,1,3-6H2;7-9H,1,3-5H2,2H3;2,6-8H,1,3-5H2. The molecule has 0 aromatic carbocycles. The van der Waals surface area contributed by atoms with E-state index >= 15 is 0 Å². The van der Waals surface area contributed by atoms with Crippen molar-refractivity contribution in [1.29, 1.82) is 0 Å². The molecule has 4 aliphatic carbocycles. The fraction of sp³-hybridized carbons (Fsp3) is 0.609. The molecule has 4 aliphatic heterocycles.